The Labute approximate surface area is 147 Å². The van der Waals surface area contributed by atoms with E-state index in [0.29, 0.717) is 27.1 Å². The van der Waals surface area contributed by atoms with E-state index >= 15 is 0 Å². The van der Waals surface area contributed by atoms with Gasteiger partial charge in [-0.05, 0) is 23.6 Å². The van der Waals surface area contributed by atoms with Crippen LogP contribution in [0.15, 0.2) is 76.5 Å². The van der Waals surface area contributed by atoms with Gasteiger partial charge in [0.25, 0.3) is 5.91 Å². The molecule has 0 spiro atoms. The van der Waals surface area contributed by atoms with Crippen LogP contribution in [-0.4, -0.2) is 11.7 Å². The number of hydrogen-bond acceptors (Lipinski definition) is 4. The molecule has 0 saturated carbocycles. The number of anilines is 1. The molecular weight excluding hydrogens is 334 g/mol. The number of amides is 1. The average molecular weight is 347 g/mol. The molecule has 122 valence electrons. The van der Waals surface area contributed by atoms with Gasteiger partial charge in [-0.2, -0.15) is 0 Å². The van der Waals surface area contributed by atoms with Crippen LogP contribution < -0.4 is 5.32 Å². The molecule has 4 nitrogen and oxygen atoms in total. The number of carbonyl (C=O) groups excluding carboxylic acids is 2. The summed E-state index contributed by atoms with van der Waals surface area (Å²) in [6.45, 7) is 0. The zero-order chi connectivity index (χ0) is 17.2. The molecule has 5 heteroatoms. The van der Waals surface area contributed by atoms with Crippen LogP contribution in [0.3, 0.4) is 0 Å². The van der Waals surface area contributed by atoms with Gasteiger partial charge in [-0.25, -0.2) is 0 Å². The number of nitrogens with one attached hydrogen (secondary N) is 1. The SMILES string of the molecule is O=C(Nc1c(C(=O)c2ccccc2)oc2ccccc12)c1cccs1. The first-order valence-corrected chi connectivity index (χ1v) is 8.58. The molecule has 4 rings (SSSR count). The maximum absolute atomic E-state index is 12.9. The fourth-order valence-electron chi connectivity index (χ4n) is 2.63. The molecule has 0 aliphatic rings. The van der Waals surface area contributed by atoms with E-state index in [0.717, 1.165) is 0 Å². The maximum Gasteiger partial charge on any atom is 0.265 e. The number of carbonyl (C=O) groups is 2. The van der Waals surface area contributed by atoms with Crippen molar-refractivity contribution in [3.63, 3.8) is 0 Å². The van der Waals surface area contributed by atoms with Crippen LogP contribution in [0, 0.1) is 0 Å². The molecule has 0 unspecified atom stereocenters. The number of benzene rings is 2. The Hall–Kier alpha value is -3.18. The Bertz CT molecular complexity index is 1050. The predicted octanol–water partition coefficient (Wildman–Crippen LogP) is 4.98. The summed E-state index contributed by atoms with van der Waals surface area (Å²) in [5.74, 6) is -0.390. The Morgan fingerprint density at radius 2 is 1.64 bits per heavy atom. The lowest BCUT2D eigenvalue weighted by Crippen LogP contribution is -2.13. The van der Waals surface area contributed by atoms with Crippen LogP contribution in [0.4, 0.5) is 5.69 Å². The summed E-state index contributed by atoms with van der Waals surface area (Å²) >= 11 is 1.34. The van der Waals surface area contributed by atoms with Crippen molar-refractivity contribution >= 4 is 39.7 Å². The van der Waals surface area contributed by atoms with E-state index in [2.05, 4.69) is 5.32 Å². The normalized spacial score (nSPS) is 10.7. The van der Waals surface area contributed by atoms with Gasteiger partial charge in [-0.3, -0.25) is 9.59 Å². The van der Waals surface area contributed by atoms with E-state index in [-0.39, 0.29) is 17.5 Å². The van der Waals surface area contributed by atoms with E-state index in [9.17, 15) is 9.59 Å². The second-order valence-corrected chi connectivity index (χ2v) is 6.38. The minimum absolute atomic E-state index is 0.136. The number of rotatable bonds is 4. The first kappa shape index (κ1) is 15.4. The van der Waals surface area contributed by atoms with Crippen molar-refractivity contribution in [2.75, 3.05) is 5.32 Å². The molecule has 0 saturated heterocycles. The molecule has 25 heavy (non-hydrogen) atoms. The number of ketones is 1. The highest BCUT2D eigenvalue weighted by molar-refractivity contribution is 7.12. The summed E-state index contributed by atoms with van der Waals surface area (Å²) in [6, 6.07) is 19.7. The molecule has 2 aromatic heterocycles. The van der Waals surface area contributed by atoms with Gasteiger partial charge >= 0.3 is 0 Å². The largest absolute Gasteiger partial charge is 0.450 e. The average Bonchev–Trinajstić information content (AvgIpc) is 3.30. The summed E-state index contributed by atoms with van der Waals surface area (Å²) in [4.78, 5) is 25.9. The number of hydrogen-bond donors (Lipinski definition) is 1. The van der Waals surface area contributed by atoms with Crippen molar-refractivity contribution in [1.82, 2.24) is 0 Å². The van der Waals surface area contributed by atoms with E-state index in [1.807, 2.05) is 35.7 Å². The highest BCUT2D eigenvalue weighted by Gasteiger charge is 2.23. The van der Waals surface area contributed by atoms with Crippen molar-refractivity contribution in [2.45, 2.75) is 0 Å². The third-order valence-corrected chi connectivity index (χ3v) is 4.69. The van der Waals surface area contributed by atoms with Crippen molar-refractivity contribution in [1.29, 1.82) is 0 Å². The molecule has 0 aliphatic carbocycles. The molecule has 4 aromatic rings. The second-order valence-electron chi connectivity index (χ2n) is 5.43. The van der Waals surface area contributed by atoms with Gasteiger partial charge in [0.05, 0.1) is 10.6 Å². The molecule has 0 radical (unpaired) electrons. The fourth-order valence-corrected chi connectivity index (χ4v) is 3.25. The van der Waals surface area contributed by atoms with Gasteiger partial charge in [0, 0.05) is 10.9 Å². The molecule has 2 heterocycles. The highest BCUT2D eigenvalue weighted by atomic mass is 32.1. The molecule has 2 aromatic carbocycles. The second kappa shape index (κ2) is 6.37. The van der Waals surface area contributed by atoms with Gasteiger partial charge in [-0.15, -0.1) is 11.3 Å². The Morgan fingerprint density at radius 3 is 2.40 bits per heavy atom. The number of para-hydroxylation sites is 1. The van der Waals surface area contributed by atoms with Gasteiger partial charge in [-0.1, -0.05) is 48.5 Å². The zero-order valence-corrected chi connectivity index (χ0v) is 13.9. The number of furan rings is 1. The molecule has 1 amide bonds. The van der Waals surface area contributed by atoms with Gasteiger partial charge < -0.3 is 9.73 Å². The third-order valence-electron chi connectivity index (χ3n) is 3.82. The maximum atomic E-state index is 12.9. The topological polar surface area (TPSA) is 59.3 Å². The minimum atomic E-state index is -0.265. The molecular formula is C20H13NO3S. The lowest BCUT2D eigenvalue weighted by atomic mass is 10.1. The van der Waals surface area contributed by atoms with Crippen LogP contribution in [0.25, 0.3) is 11.0 Å². The van der Waals surface area contributed by atoms with Crippen LogP contribution in [0.5, 0.6) is 0 Å². The number of fused-ring (bicyclic) bond motifs is 1. The van der Waals surface area contributed by atoms with Crippen LogP contribution in [0.1, 0.15) is 25.8 Å². The Kier molecular flexibility index (Phi) is 3.91. The summed E-state index contributed by atoms with van der Waals surface area (Å²) in [7, 11) is 0. The lowest BCUT2D eigenvalue weighted by Gasteiger charge is -2.05. The Balaban J connectivity index is 1.81. The van der Waals surface area contributed by atoms with Crippen LogP contribution >= 0.6 is 11.3 Å². The summed E-state index contributed by atoms with van der Waals surface area (Å²) in [5.41, 5.74) is 1.47. The predicted molar refractivity (Wildman–Crippen MR) is 98.4 cm³/mol. The summed E-state index contributed by atoms with van der Waals surface area (Å²) in [5, 5.41) is 5.38. The van der Waals surface area contributed by atoms with E-state index < -0.39 is 0 Å². The van der Waals surface area contributed by atoms with Gasteiger partial charge in [0.15, 0.2) is 5.76 Å². The zero-order valence-electron chi connectivity index (χ0n) is 13.1. The molecule has 0 fully saturated rings. The monoisotopic (exact) mass is 347 g/mol. The molecule has 0 aliphatic heterocycles. The first-order chi connectivity index (χ1) is 12.2. The third kappa shape index (κ3) is 2.86. The molecule has 0 bridgehead atoms. The van der Waals surface area contributed by atoms with Crippen molar-refractivity contribution in [2.24, 2.45) is 0 Å². The smallest absolute Gasteiger partial charge is 0.265 e. The van der Waals surface area contributed by atoms with Crippen LogP contribution in [0.2, 0.25) is 0 Å². The minimum Gasteiger partial charge on any atom is -0.450 e. The Morgan fingerprint density at radius 1 is 0.880 bits per heavy atom. The molecule has 1 N–H and O–H groups in total. The standard InChI is InChI=1S/C20H13NO3S/c22-18(13-7-2-1-3-8-13)19-17(14-9-4-5-10-15(14)24-19)21-20(23)16-11-6-12-25-16/h1-12H,(H,21,23). The summed E-state index contributed by atoms with van der Waals surface area (Å²) < 4.78 is 5.77. The molecule has 0 atom stereocenters. The highest BCUT2D eigenvalue weighted by Crippen LogP contribution is 2.33. The van der Waals surface area contributed by atoms with Crippen molar-refractivity contribution in [3.8, 4) is 0 Å². The van der Waals surface area contributed by atoms with E-state index in [4.69, 9.17) is 4.42 Å². The number of thiophene rings is 1. The fraction of sp³-hybridized carbons (Fsp3) is 0. The quantitative estimate of drug-likeness (QED) is 0.530. The van der Waals surface area contributed by atoms with Crippen molar-refractivity contribution < 1.29 is 14.0 Å². The first-order valence-electron chi connectivity index (χ1n) is 7.70. The lowest BCUT2D eigenvalue weighted by molar-refractivity contribution is 0.101. The van der Waals surface area contributed by atoms with Crippen molar-refractivity contribution in [3.05, 3.63) is 88.3 Å². The van der Waals surface area contributed by atoms with E-state index in [1.165, 1.54) is 11.3 Å². The summed E-state index contributed by atoms with van der Waals surface area (Å²) in [6.07, 6.45) is 0. The van der Waals surface area contributed by atoms with E-state index in [1.54, 1.807) is 36.4 Å². The van der Waals surface area contributed by atoms with Crippen LogP contribution in [-0.2, 0) is 0 Å². The van der Waals surface area contributed by atoms with Gasteiger partial charge in [0.1, 0.15) is 5.58 Å². The van der Waals surface area contributed by atoms with Gasteiger partial charge in [0.2, 0.25) is 5.78 Å².